The Bertz CT molecular complexity index is 943. The minimum atomic E-state index is 0.578. The van der Waals surface area contributed by atoms with E-state index >= 15 is 0 Å². The fraction of sp³-hybridized carbons (Fsp3) is 0. The Morgan fingerprint density at radius 3 is 1.92 bits per heavy atom. The summed E-state index contributed by atoms with van der Waals surface area (Å²) in [5.41, 5.74) is 2.76. The zero-order valence-electron chi connectivity index (χ0n) is 13.5. The van der Waals surface area contributed by atoms with E-state index in [0.29, 0.717) is 17.5 Å². The quantitative estimate of drug-likeness (QED) is 0.746. The summed E-state index contributed by atoms with van der Waals surface area (Å²) in [6.45, 7) is 0. The lowest BCUT2D eigenvalue weighted by atomic mass is 10.2. The summed E-state index contributed by atoms with van der Waals surface area (Å²) in [5.74, 6) is 1.89. The van der Waals surface area contributed by atoms with Crippen LogP contribution < -0.4 is 5.32 Å². The first kappa shape index (κ1) is 15.0. The van der Waals surface area contributed by atoms with Gasteiger partial charge in [0.1, 0.15) is 0 Å². The fourth-order valence-electron chi connectivity index (χ4n) is 2.50. The average molecular weight is 324 g/mol. The van der Waals surface area contributed by atoms with Crippen molar-refractivity contribution in [3.63, 3.8) is 0 Å². The van der Waals surface area contributed by atoms with Gasteiger partial charge in [0.15, 0.2) is 17.5 Å². The third-order valence-electron chi connectivity index (χ3n) is 3.70. The Kier molecular flexibility index (Phi) is 4.16. The maximum atomic E-state index is 4.66. The molecule has 3 aromatic carbocycles. The second kappa shape index (κ2) is 6.93. The van der Waals surface area contributed by atoms with Crippen LogP contribution in [0.3, 0.4) is 0 Å². The van der Waals surface area contributed by atoms with Gasteiger partial charge in [0.2, 0.25) is 0 Å². The van der Waals surface area contributed by atoms with Crippen molar-refractivity contribution in [1.82, 2.24) is 0 Å². The molecule has 1 aliphatic heterocycles. The van der Waals surface area contributed by atoms with Crippen LogP contribution in [0.1, 0.15) is 5.56 Å². The van der Waals surface area contributed by atoms with Crippen molar-refractivity contribution in [3.8, 4) is 0 Å². The van der Waals surface area contributed by atoms with Crippen LogP contribution in [0.25, 0.3) is 0 Å². The van der Waals surface area contributed by atoms with Crippen LogP contribution >= 0.6 is 0 Å². The van der Waals surface area contributed by atoms with E-state index in [2.05, 4.69) is 20.3 Å². The number of aliphatic imine (C=N–C) groups is 3. The Morgan fingerprint density at radius 2 is 1.24 bits per heavy atom. The molecule has 25 heavy (non-hydrogen) atoms. The highest BCUT2D eigenvalue weighted by Crippen LogP contribution is 2.17. The SMILES string of the molecule is c1ccc(/N=C2\N=C(c3ccccc3)N=C2Nc2ccccc2)cc1. The number of rotatable bonds is 3. The van der Waals surface area contributed by atoms with Crippen LogP contribution in [0.4, 0.5) is 11.4 Å². The topological polar surface area (TPSA) is 49.1 Å². The minimum absolute atomic E-state index is 0.578. The number of nitrogens with one attached hydrogen (secondary N) is 1. The second-order valence-electron chi connectivity index (χ2n) is 5.52. The van der Waals surface area contributed by atoms with Crippen molar-refractivity contribution in [3.05, 3.63) is 96.6 Å². The van der Waals surface area contributed by atoms with Gasteiger partial charge < -0.3 is 5.32 Å². The molecule has 0 aromatic heterocycles. The maximum Gasteiger partial charge on any atom is 0.198 e. The van der Waals surface area contributed by atoms with Crippen molar-refractivity contribution < 1.29 is 0 Å². The molecule has 0 aliphatic carbocycles. The van der Waals surface area contributed by atoms with E-state index in [1.807, 2.05) is 91.0 Å². The fourth-order valence-corrected chi connectivity index (χ4v) is 2.50. The molecule has 4 rings (SSSR count). The molecule has 1 N–H and O–H groups in total. The monoisotopic (exact) mass is 324 g/mol. The largest absolute Gasteiger partial charge is 0.337 e. The molecular weight excluding hydrogens is 308 g/mol. The summed E-state index contributed by atoms with van der Waals surface area (Å²) in [4.78, 5) is 13.9. The predicted octanol–water partition coefficient (Wildman–Crippen LogP) is 4.69. The van der Waals surface area contributed by atoms with Crippen LogP contribution in [0, 0.1) is 0 Å². The number of para-hydroxylation sites is 2. The molecule has 0 bridgehead atoms. The molecule has 1 aliphatic rings. The van der Waals surface area contributed by atoms with Gasteiger partial charge in [-0.3, -0.25) is 0 Å². The van der Waals surface area contributed by atoms with Gasteiger partial charge in [-0.25, -0.2) is 15.0 Å². The third-order valence-corrected chi connectivity index (χ3v) is 3.70. The summed E-state index contributed by atoms with van der Waals surface area (Å²) in [6, 6.07) is 29.6. The lowest BCUT2D eigenvalue weighted by molar-refractivity contribution is 1.49. The molecule has 1 heterocycles. The van der Waals surface area contributed by atoms with Gasteiger partial charge in [0.05, 0.1) is 5.69 Å². The summed E-state index contributed by atoms with van der Waals surface area (Å²) in [7, 11) is 0. The Hall–Kier alpha value is -3.53. The van der Waals surface area contributed by atoms with Crippen LogP contribution in [0.5, 0.6) is 0 Å². The van der Waals surface area contributed by atoms with Gasteiger partial charge >= 0.3 is 0 Å². The predicted molar refractivity (Wildman–Crippen MR) is 104 cm³/mol. The first-order chi connectivity index (χ1) is 12.4. The maximum absolute atomic E-state index is 4.66. The van der Waals surface area contributed by atoms with E-state index in [9.17, 15) is 0 Å². The normalized spacial score (nSPS) is 15.0. The lowest BCUT2D eigenvalue weighted by Gasteiger charge is -2.05. The molecule has 4 heteroatoms. The first-order valence-electron chi connectivity index (χ1n) is 8.07. The summed E-state index contributed by atoms with van der Waals surface area (Å²) in [6.07, 6.45) is 0. The average Bonchev–Trinajstić information content (AvgIpc) is 3.06. The van der Waals surface area contributed by atoms with Gasteiger partial charge in [-0.1, -0.05) is 66.7 Å². The molecule has 0 fully saturated rings. The zero-order chi connectivity index (χ0) is 16.9. The molecule has 120 valence electrons. The lowest BCUT2D eigenvalue weighted by Crippen LogP contribution is -2.18. The van der Waals surface area contributed by atoms with Crippen LogP contribution in [0.2, 0.25) is 0 Å². The summed E-state index contributed by atoms with van der Waals surface area (Å²) >= 11 is 0. The molecule has 0 radical (unpaired) electrons. The number of anilines is 1. The van der Waals surface area contributed by atoms with Crippen LogP contribution in [0.15, 0.2) is 106 Å². The van der Waals surface area contributed by atoms with E-state index < -0.39 is 0 Å². The van der Waals surface area contributed by atoms with Crippen molar-refractivity contribution in [2.75, 3.05) is 5.32 Å². The molecule has 0 amide bonds. The van der Waals surface area contributed by atoms with Crippen LogP contribution in [-0.2, 0) is 0 Å². The second-order valence-corrected chi connectivity index (χ2v) is 5.52. The molecule has 0 unspecified atom stereocenters. The highest BCUT2D eigenvalue weighted by atomic mass is 15.2. The number of nitrogens with zero attached hydrogens (tertiary/aromatic N) is 3. The highest BCUT2D eigenvalue weighted by Gasteiger charge is 2.19. The number of benzene rings is 3. The van der Waals surface area contributed by atoms with Gasteiger partial charge in [0, 0.05) is 11.3 Å². The molecule has 4 nitrogen and oxygen atoms in total. The van der Waals surface area contributed by atoms with E-state index in [-0.39, 0.29) is 0 Å². The summed E-state index contributed by atoms with van der Waals surface area (Å²) in [5, 5.41) is 3.32. The molecule has 3 aromatic rings. The van der Waals surface area contributed by atoms with Gasteiger partial charge in [0.25, 0.3) is 0 Å². The van der Waals surface area contributed by atoms with Gasteiger partial charge in [-0.2, -0.15) is 0 Å². The number of hydrogen-bond acceptors (Lipinski definition) is 3. The number of amidine groups is 3. The number of hydrogen-bond donors (Lipinski definition) is 1. The van der Waals surface area contributed by atoms with Crippen molar-refractivity contribution in [2.45, 2.75) is 0 Å². The van der Waals surface area contributed by atoms with Crippen molar-refractivity contribution >= 4 is 28.9 Å². The first-order valence-corrected chi connectivity index (χ1v) is 8.07. The Labute approximate surface area is 146 Å². The van der Waals surface area contributed by atoms with E-state index in [4.69, 9.17) is 0 Å². The zero-order valence-corrected chi connectivity index (χ0v) is 13.5. The smallest absolute Gasteiger partial charge is 0.198 e. The van der Waals surface area contributed by atoms with Crippen molar-refractivity contribution in [1.29, 1.82) is 0 Å². The molecule has 0 atom stereocenters. The minimum Gasteiger partial charge on any atom is -0.337 e. The van der Waals surface area contributed by atoms with Gasteiger partial charge in [-0.15, -0.1) is 0 Å². The van der Waals surface area contributed by atoms with Gasteiger partial charge in [-0.05, 0) is 24.3 Å². The Morgan fingerprint density at radius 1 is 0.640 bits per heavy atom. The Balaban J connectivity index is 1.72. The standard InChI is InChI=1S/C21H16N4/c1-4-10-16(11-5-1)19-24-20(22-17-12-6-2-7-13-17)21(25-19)23-18-14-8-3-9-15-18/h1-15H,(H,22,23,24,25). The molecule has 0 saturated heterocycles. The van der Waals surface area contributed by atoms with E-state index in [1.165, 1.54) is 0 Å². The van der Waals surface area contributed by atoms with Crippen LogP contribution in [-0.4, -0.2) is 17.5 Å². The summed E-state index contributed by atoms with van der Waals surface area (Å²) < 4.78 is 0. The molecule has 0 saturated carbocycles. The van der Waals surface area contributed by atoms with E-state index in [1.54, 1.807) is 0 Å². The molecular formula is C21H16N4. The molecule has 0 spiro atoms. The van der Waals surface area contributed by atoms with Crippen molar-refractivity contribution in [2.24, 2.45) is 15.0 Å². The van der Waals surface area contributed by atoms with E-state index in [0.717, 1.165) is 16.9 Å². The third kappa shape index (κ3) is 3.53. The highest BCUT2D eigenvalue weighted by molar-refractivity contribution is 6.51.